The molecule has 0 aliphatic carbocycles. The van der Waals surface area contributed by atoms with Crippen LogP contribution in [0.4, 0.5) is 5.69 Å². The van der Waals surface area contributed by atoms with Gasteiger partial charge in [-0.2, -0.15) is 0 Å². The molecule has 0 bridgehead atoms. The monoisotopic (exact) mass is 581 g/mol. The Bertz CT molecular complexity index is 1980. The molecule has 0 radical (unpaired) electrons. The fraction of sp³-hybridized carbons (Fsp3) is 0.129. The molecule has 42 heavy (non-hydrogen) atoms. The zero-order chi connectivity index (χ0) is 29.5. The summed E-state index contributed by atoms with van der Waals surface area (Å²) in [7, 11) is 1.66. The number of likely N-dealkylation sites (N-methyl/N-ethyl adjacent to an activating group) is 1. The van der Waals surface area contributed by atoms with Gasteiger partial charge in [0.05, 0.1) is 34.8 Å². The van der Waals surface area contributed by atoms with E-state index >= 15 is 0 Å². The van der Waals surface area contributed by atoms with Gasteiger partial charge < -0.3 is 18.8 Å². The Kier molecular flexibility index (Phi) is 6.79. The third kappa shape index (κ3) is 4.40. The van der Waals surface area contributed by atoms with Gasteiger partial charge in [0.2, 0.25) is 5.76 Å². The Balaban J connectivity index is 1.50. The summed E-state index contributed by atoms with van der Waals surface area (Å²) in [5.41, 5.74) is 2.24. The normalized spacial score (nSPS) is 17.0. The average Bonchev–Trinajstić information content (AvgIpc) is 3.70. The number of fused-ring (bicyclic) bond motifs is 2. The van der Waals surface area contributed by atoms with Crippen molar-refractivity contribution < 1.29 is 28.3 Å². The number of aromatic nitrogens is 1. The largest absolute Gasteiger partial charge is 0.458 e. The van der Waals surface area contributed by atoms with Crippen LogP contribution in [0.5, 0.6) is 5.75 Å². The van der Waals surface area contributed by atoms with E-state index in [0.717, 1.165) is 11.3 Å². The molecule has 1 unspecified atom stereocenters. The Morgan fingerprint density at radius 1 is 1.07 bits per heavy atom. The molecule has 2 aromatic heterocycles. The lowest BCUT2D eigenvalue weighted by Gasteiger charge is -2.24. The maximum absolute atomic E-state index is 14.1. The minimum atomic E-state index is -0.924. The molecule has 1 atom stereocenters. The van der Waals surface area contributed by atoms with Crippen LogP contribution in [0.25, 0.3) is 5.57 Å². The van der Waals surface area contributed by atoms with Crippen LogP contribution in [0.3, 0.4) is 0 Å². The average molecular weight is 582 g/mol. The molecule has 2 aliphatic heterocycles. The number of rotatable bonds is 6. The van der Waals surface area contributed by atoms with E-state index in [9.17, 15) is 19.2 Å². The van der Waals surface area contributed by atoms with Gasteiger partial charge in [-0.05, 0) is 42.8 Å². The number of amides is 1. The van der Waals surface area contributed by atoms with Gasteiger partial charge in [-0.3, -0.25) is 14.2 Å². The van der Waals surface area contributed by atoms with E-state index in [2.05, 4.69) is 11.6 Å². The fourth-order valence-corrected chi connectivity index (χ4v) is 6.16. The highest BCUT2D eigenvalue weighted by atomic mass is 32.1. The topological polar surface area (TPSA) is 120 Å². The standard InChI is InChI=1S/C31H23N3O7S/c1-4-15-40-30(38)23-17(2)32-31-34(25(23)18-11-13-19(14-12-18)41-29(37)22-10-7-16-39-22)28(36)26(42-31)24-20-8-5-6-9-21(20)33(3)27(24)35/h4-14,16,25H,1,15H2,2-3H3. The van der Waals surface area contributed by atoms with Crippen molar-refractivity contribution in [1.29, 1.82) is 0 Å². The van der Waals surface area contributed by atoms with Crippen molar-refractivity contribution in [3.05, 3.63) is 127 Å². The summed E-state index contributed by atoms with van der Waals surface area (Å²) in [5, 5.41) is 0. The molecule has 11 heteroatoms. The summed E-state index contributed by atoms with van der Waals surface area (Å²) < 4.78 is 17.5. The van der Waals surface area contributed by atoms with E-state index in [4.69, 9.17) is 13.9 Å². The molecule has 0 spiro atoms. The third-order valence-electron chi connectivity index (χ3n) is 6.96. The number of benzene rings is 2. The SMILES string of the molecule is C=CCOC(=O)C1=C(C)N=c2sc(=C3C(=O)N(C)c4ccccc43)c(=O)n2C1c1ccc(OC(=O)c2ccco2)cc1. The molecule has 0 N–H and O–H groups in total. The first kappa shape index (κ1) is 26.9. The number of hydrogen-bond acceptors (Lipinski definition) is 9. The van der Waals surface area contributed by atoms with Gasteiger partial charge >= 0.3 is 11.9 Å². The number of esters is 2. The van der Waals surface area contributed by atoms with E-state index < -0.39 is 23.5 Å². The first-order valence-corrected chi connectivity index (χ1v) is 13.7. The lowest BCUT2D eigenvalue weighted by Crippen LogP contribution is -2.40. The summed E-state index contributed by atoms with van der Waals surface area (Å²) in [5.74, 6) is -1.34. The maximum Gasteiger partial charge on any atom is 0.379 e. The van der Waals surface area contributed by atoms with Gasteiger partial charge in [0, 0.05) is 12.6 Å². The van der Waals surface area contributed by atoms with Crippen molar-refractivity contribution in [3.8, 4) is 5.75 Å². The first-order chi connectivity index (χ1) is 20.3. The number of thiazole rings is 1. The molecule has 1 amide bonds. The van der Waals surface area contributed by atoms with Crippen molar-refractivity contribution in [3.63, 3.8) is 0 Å². The van der Waals surface area contributed by atoms with Crippen molar-refractivity contribution in [2.75, 3.05) is 18.6 Å². The van der Waals surface area contributed by atoms with E-state index in [1.165, 1.54) is 27.9 Å². The Hall–Kier alpha value is -5.29. The van der Waals surface area contributed by atoms with Crippen LogP contribution in [0.2, 0.25) is 0 Å². The summed E-state index contributed by atoms with van der Waals surface area (Å²) in [6.45, 7) is 5.23. The predicted octanol–water partition coefficient (Wildman–Crippen LogP) is 3.12. The Morgan fingerprint density at radius 2 is 1.83 bits per heavy atom. The molecule has 10 nitrogen and oxygen atoms in total. The lowest BCUT2D eigenvalue weighted by molar-refractivity contribution is -0.138. The molecule has 4 heterocycles. The second kappa shape index (κ2) is 10.6. The van der Waals surface area contributed by atoms with Gasteiger partial charge in [-0.1, -0.05) is 54.3 Å². The summed E-state index contributed by atoms with van der Waals surface area (Å²) in [6.07, 6.45) is 2.81. The van der Waals surface area contributed by atoms with Crippen LogP contribution in [-0.4, -0.2) is 36.1 Å². The number of carbonyl (C=O) groups is 3. The number of nitrogens with zero attached hydrogens (tertiary/aromatic N) is 3. The van der Waals surface area contributed by atoms with Crippen molar-refractivity contribution >= 4 is 40.4 Å². The summed E-state index contributed by atoms with van der Waals surface area (Å²) in [6, 6.07) is 15.8. The van der Waals surface area contributed by atoms with E-state index in [1.54, 1.807) is 50.4 Å². The van der Waals surface area contributed by atoms with Crippen LogP contribution in [0.15, 0.2) is 105 Å². The molecule has 0 fully saturated rings. The predicted molar refractivity (Wildman–Crippen MR) is 154 cm³/mol. The van der Waals surface area contributed by atoms with Crippen LogP contribution < -0.4 is 24.5 Å². The Labute approximate surface area is 242 Å². The summed E-state index contributed by atoms with van der Waals surface area (Å²) >= 11 is 1.09. The van der Waals surface area contributed by atoms with Crippen molar-refractivity contribution in [2.24, 2.45) is 4.99 Å². The smallest absolute Gasteiger partial charge is 0.379 e. The molecule has 2 aliphatic rings. The molecular weight excluding hydrogens is 558 g/mol. The minimum Gasteiger partial charge on any atom is -0.458 e. The van der Waals surface area contributed by atoms with E-state index in [0.29, 0.717) is 27.3 Å². The van der Waals surface area contributed by atoms with Crippen LogP contribution in [0, 0.1) is 0 Å². The number of allylic oxidation sites excluding steroid dienone is 1. The quantitative estimate of drug-likeness (QED) is 0.195. The molecular formula is C31H23N3O7S. The Morgan fingerprint density at radius 3 is 2.55 bits per heavy atom. The van der Waals surface area contributed by atoms with Gasteiger partial charge in [0.15, 0.2) is 4.80 Å². The molecule has 6 rings (SSSR count). The molecule has 0 saturated heterocycles. The van der Waals surface area contributed by atoms with E-state index in [-0.39, 0.29) is 39.7 Å². The number of ether oxygens (including phenoxy) is 2. The van der Waals surface area contributed by atoms with Gasteiger partial charge in [0.25, 0.3) is 11.5 Å². The highest BCUT2D eigenvalue weighted by Crippen LogP contribution is 2.35. The summed E-state index contributed by atoms with van der Waals surface area (Å²) in [4.78, 5) is 59.5. The second-order valence-electron chi connectivity index (χ2n) is 9.48. The lowest BCUT2D eigenvalue weighted by atomic mass is 9.96. The number of hydrogen-bond donors (Lipinski definition) is 0. The molecule has 4 aromatic rings. The van der Waals surface area contributed by atoms with Gasteiger partial charge in [-0.15, -0.1) is 0 Å². The highest BCUT2D eigenvalue weighted by Gasteiger charge is 2.36. The third-order valence-corrected chi connectivity index (χ3v) is 8.01. The highest BCUT2D eigenvalue weighted by molar-refractivity contribution is 7.07. The maximum atomic E-state index is 14.1. The fourth-order valence-electron chi connectivity index (χ4n) is 5.02. The zero-order valence-corrected chi connectivity index (χ0v) is 23.3. The van der Waals surface area contributed by atoms with E-state index in [1.807, 2.05) is 18.2 Å². The van der Waals surface area contributed by atoms with Crippen LogP contribution in [0.1, 0.15) is 34.6 Å². The van der Waals surface area contributed by atoms with Crippen molar-refractivity contribution in [1.82, 2.24) is 4.57 Å². The van der Waals surface area contributed by atoms with Gasteiger partial charge in [-0.25, -0.2) is 14.6 Å². The molecule has 2 aromatic carbocycles. The first-order valence-electron chi connectivity index (χ1n) is 12.9. The molecule has 210 valence electrons. The van der Waals surface area contributed by atoms with Gasteiger partial charge in [0.1, 0.15) is 16.9 Å². The zero-order valence-electron chi connectivity index (χ0n) is 22.5. The molecule has 0 saturated carbocycles. The minimum absolute atomic E-state index is 0.0316. The number of anilines is 1. The second-order valence-corrected chi connectivity index (χ2v) is 10.5. The van der Waals surface area contributed by atoms with Crippen LogP contribution in [-0.2, 0) is 14.3 Å². The number of para-hydroxylation sites is 1. The van der Waals surface area contributed by atoms with Crippen molar-refractivity contribution in [2.45, 2.75) is 13.0 Å². The number of carbonyl (C=O) groups excluding carboxylic acids is 3. The van der Waals surface area contributed by atoms with Crippen LogP contribution >= 0.6 is 11.3 Å². The number of furan rings is 1.